The van der Waals surface area contributed by atoms with Gasteiger partial charge in [0.05, 0.1) is 5.75 Å². The average molecular weight is 282 g/mol. The average Bonchev–Trinajstić information content (AvgIpc) is 2.92. The molecule has 0 aromatic heterocycles. The number of aryl methyl sites for hydroxylation is 3. The van der Waals surface area contributed by atoms with E-state index in [9.17, 15) is 4.79 Å². The molecule has 3 rings (SSSR count). The number of benzene rings is 2. The molecule has 0 unspecified atom stereocenters. The van der Waals surface area contributed by atoms with Gasteiger partial charge in [0, 0.05) is 10.5 Å². The van der Waals surface area contributed by atoms with Crippen LogP contribution in [0.3, 0.4) is 0 Å². The summed E-state index contributed by atoms with van der Waals surface area (Å²) in [6, 6.07) is 14.5. The summed E-state index contributed by atoms with van der Waals surface area (Å²) in [6.45, 7) is 2.08. The zero-order valence-corrected chi connectivity index (χ0v) is 12.5. The van der Waals surface area contributed by atoms with Crippen molar-refractivity contribution in [2.24, 2.45) is 0 Å². The number of carbonyl (C=O) groups excluding carboxylic acids is 1. The molecular formula is C18H18OS. The topological polar surface area (TPSA) is 17.1 Å². The Morgan fingerprint density at radius 2 is 1.95 bits per heavy atom. The molecule has 0 radical (unpaired) electrons. The van der Waals surface area contributed by atoms with Crippen molar-refractivity contribution >= 4 is 17.5 Å². The van der Waals surface area contributed by atoms with Crippen LogP contribution in [0.15, 0.2) is 47.4 Å². The quantitative estimate of drug-likeness (QED) is 0.608. The third kappa shape index (κ3) is 2.96. The molecule has 0 spiro atoms. The summed E-state index contributed by atoms with van der Waals surface area (Å²) in [4.78, 5) is 13.4. The highest BCUT2D eigenvalue weighted by Crippen LogP contribution is 2.25. The molecule has 0 saturated carbocycles. The highest BCUT2D eigenvalue weighted by atomic mass is 32.2. The van der Waals surface area contributed by atoms with Gasteiger partial charge in [-0.3, -0.25) is 4.79 Å². The molecule has 1 nitrogen and oxygen atoms in total. The van der Waals surface area contributed by atoms with Gasteiger partial charge in [0.2, 0.25) is 0 Å². The Hall–Kier alpha value is -1.54. The molecule has 0 N–H and O–H groups in total. The fourth-order valence-corrected chi connectivity index (χ4v) is 3.59. The monoisotopic (exact) mass is 282 g/mol. The maximum Gasteiger partial charge on any atom is 0.173 e. The molecular weight excluding hydrogens is 264 g/mol. The van der Waals surface area contributed by atoms with E-state index in [1.54, 1.807) is 11.8 Å². The van der Waals surface area contributed by atoms with Gasteiger partial charge in [-0.2, -0.15) is 0 Å². The first-order chi connectivity index (χ1) is 9.72. The van der Waals surface area contributed by atoms with Crippen LogP contribution in [0.1, 0.15) is 33.5 Å². The largest absolute Gasteiger partial charge is 0.293 e. The Kier molecular flexibility index (Phi) is 3.93. The number of carbonyl (C=O) groups is 1. The number of hydrogen-bond acceptors (Lipinski definition) is 2. The van der Waals surface area contributed by atoms with Crippen LogP contribution in [-0.4, -0.2) is 11.5 Å². The molecule has 0 amide bonds. The molecule has 1 aliphatic rings. The van der Waals surface area contributed by atoms with Gasteiger partial charge in [0.25, 0.3) is 0 Å². The lowest BCUT2D eigenvalue weighted by Crippen LogP contribution is -2.03. The minimum Gasteiger partial charge on any atom is -0.293 e. The van der Waals surface area contributed by atoms with Gasteiger partial charge < -0.3 is 0 Å². The van der Waals surface area contributed by atoms with E-state index in [4.69, 9.17) is 0 Å². The summed E-state index contributed by atoms with van der Waals surface area (Å²) < 4.78 is 0. The SMILES string of the molecule is Cc1cccc(SCC(=O)c2ccc3c(c2)CCC3)c1. The first-order valence-electron chi connectivity index (χ1n) is 7.07. The minimum absolute atomic E-state index is 0.228. The van der Waals surface area contributed by atoms with Crippen molar-refractivity contribution in [3.8, 4) is 0 Å². The summed E-state index contributed by atoms with van der Waals surface area (Å²) in [5.41, 5.74) is 4.90. The van der Waals surface area contributed by atoms with Crippen LogP contribution in [0.5, 0.6) is 0 Å². The lowest BCUT2D eigenvalue weighted by atomic mass is 10.0. The number of ketones is 1. The van der Waals surface area contributed by atoms with E-state index in [0.29, 0.717) is 5.75 Å². The fourth-order valence-electron chi connectivity index (χ4n) is 2.68. The van der Waals surface area contributed by atoms with Crippen molar-refractivity contribution in [2.45, 2.75) is 31.1 Å². The number of thioether (sulfide) groups is 1. The first-order valence-corrected chi connectivity index (χ1v) is 8.05. The summed E-state index contributed by atoms with van der Waals surface area (Å²) in [5, 5.41) is 0. The summed E-state index contributed by atoms with van der Waals surface area (Å²) in [6.07, 6.45) is 3.52. The lowest BCUT2D eigenvalue weighted by Gasteiger charge is -2.05. The van der Waals surface area contributed by atoms with E-state index in [1.165, 1.54) is 34.4 Å². The number of rotatable bonds is 4. The van der Waals surface area contributed by atoms with Gasteiger partial charge in [-0.25, -0.2) is 0 Å². The van der Waals surface area contributed by atoms with Crippen molar-refractivity contribution in [1.82, 2.24) is 0 Å². The van der Waals surface area contributed by atoms with Crippen molar-refractivity contribution in [1.29, 1.82) is 0 Å². The van der Waals surface area contributed by atoms with E-state index < -0.39 is 0 Å². The Labute approximate surface area is 124 Å². The van der Waals surface area contributed by atoms with Gasteiger partial charge in [0.15, 0.2) is 5.78 Å². The van der Waals surface area contributed by atoms with Crippen LogP contribution in [-0.2, 0) is 12.8 Å². The van der Waals surface area contributed by atoms with Crippen LogP contribution in [0.2, 0.25) is 0 Å². The van der Waals surface area contributed by atoms with Gasteiger partial charge in [-0.1, -0.05) is 29.8 Å². The molecule has 0 bridgehead atoms. The zero-order valence-electron chi connectivity index (χ0n) is 11.7. The second-order valence-electron chi connectivity index (χ2n) is 5.37. The Balaban J connectivity index is 1.67. The zero-order chi connectivity index (χ0) is 13.9. The molecule has 1 aliphatic carbocycles. The van der Waals surface area contributed by atoms with Crippen molar-refractivity contribution in [2.75, 3.05) is 5.75 Å². The van der Waals surface area contributed by atoms with Crippen LogP contribution < -0.4 is 0 Å². The Bertz CT molecular complexity index is 646. The second-order valence-corrected chi connectivity index (χ2v) is 6.41. The summed E-state index contributed by atoms with van der Waals surface area (Å²) in [5.74, 6) is 0.744. The van der Waals surface area contributed by atoms with E-state index in [0.717, 1.165) is 12.0 Å². The molecule has 0 heterocycles. The van der Waals surface area contributed by atoms with E-state index in [1.807, 2.05) is 12.1 Å². The standard InChI is InChI=1S/C18H18OS/c1-13-4-2-7-17(10-13)20-12-18(19)16-9-8-14-5-3-6-15(14)11-16/h2,4,7-11H,3,5-6,12H2,1H3. The molecule has 2 aromatic carbocycles. The molecule has 102 valence electrons. The molecule has 0 aliphatic heterocycles. The third-order valence-corrected chi connectivity index (χ3v) is 4.77. The number of hydrogen-bond donors (Lipinski definition) is 0. The van der Waals surface area contributed by atoms with E-state index in [-0.39, 0.29) is 5.78 Å². The van der Waals surface area contributed by atoms with E-state index >= 15 is 0 Å². The molecule has 0 saturated heterocycles. The van der Waals surface area contributed by atoms with E-state index in [2.05, 4.69) is 37.3 Å². The number of Topliss-reactive ketones (excluding diaryl/α,β-unsaturated/α-hetero) is 1. The maximum atomic E-state index is 12.3. The van der Waals surface area contributed by atoms with Crippen molar-refractivity contribution in [3.63, 3.8) is 0 Å². The highest BCUT2D eigenvalue weighted by Gasteiger charge is 2.14. The normalized spacial score (nSPS) is 13.2. The van der Waals surface area contributed by atoms with Gasteiger partial charge >= 0.3 is 0 Å². The van der Waals surface area contributed by atoms with Crippen molar-refractivity contribution in [3.05, 3.63) is 64.7 Å². The van der Waals surface area contributed by atoms with Crippen molar-refractivity contribution < 1.29 is 4.79 Å². The van der Waals surface area contributed by atoms with Gasteiger partial charge in [-0.05, 0) is 55.5 Å². The Morgan fingerprint density at radius 3 is 2.80 bits per heavy atom. The summed E-state index contributed by atoms with van der Waals surface area (Å²) in [7, 11) is 0. The lowest BCUT2D eigenvalue weighted by molar-refractivity contribution is 0.102. The van der Waals surface area contributed by atoms with Crippen LogP contribution in [0.4, 0.5) is 0 Å². The Morgan fingerprint density at radius 1 is 1.10 bits per heavy atom. The molecule has 20 heavy (non-hydrogen) atoms. The van der Waals surface area contributed by atoms with Crippen LogP contribution in [0, 0.1) is 6.92 Å². The fraction of sp³-hybridized carbons (Fsp3) is 0.278. The van der Waals surface area contributed by atoms with Gasteiger partial charge in [-0.15, -0.1) is 11.8 Å². The maximum absolute atomic E-state index is 12.3. The number of fused-ring (bicyclic) bond motifs is 1. The molecule has 0 atom stereocenters. The smallest absolute Gasteiger partial charge is 0.173 e. The minimum atomic E-state index is 0.228. The summed E-state index contributed by atoms with van der Waals surface area (Å²) >= 11 is 1.62. The predicted octanol–water partition coefficient (Wildman–Crippen LogP) is 4.46. The predicted molar refractivity (Wildman–Crippen MR) is 84.7 cm³/mol. The van der Waals surface area contributed by atoms with Crippen LogP contribution in [0.25, 0.3) is 0 Å². The first kappa shape index (κ1) is 13.4. The molecule has 2 heteroatoms. The second kappa shape index (κ2) is 5.84. The third-order valence-electron chi connectivity index (χ3n) is 3.78. The molecule has 2 aromatic rings. The molecule has 0 fully saturated rings. The van der Waals surface area contributed by atoms with Gasteiger partial charge in [0.1, 0.15) is 0 Å². The van der Waals surface area contributed by atoms with Crippen LogP contribution >= 0.6 is 11.8 Å². The highest BCUT2D eigenvalue weighted by molar-refractivity contribution is 8.00.